The van der Waals surface area contributed by atoms with Gasteiger partial charge in [-0.2, -0.15) is 74.6 Å². The van der Waals surface area contributed by atoms with Crippen LogP contribution in [0.1, 0.15) is 63.0 Å². The van der Waals surface area contributed by atoms with Crippen molar-refractivity contribution in [3.8, 4) is 0 Å². The molecule has 0 spiro atoms. The molecule has 0 amide bonds. The highest BCUT2D eigenvalue weighted by atomic mass is 19.4. The van der Waals surface area contributed by atoms with Gasteiger partial charge in [0.1, 0.15) is 0 Å². The van der Waals surface area contributed by atoms with Crippen molar-refractivity contribution in [3.05, 3.63) is 35.4 Å². The lowest BCUT2D eigenvalue weighted by Gasteiger charge is -2.49. The van der Waals surface area contributed by atoms with Gasteiger partial charge >= 0.3 is 47.6 Å². The zero-order chi connectivity index (χ0) is 32.1. The highest BCUT2D eigenvalue weighted by molar-refractivity contribution is 5.35. The Labute approximate surface area is 222 Å². The van der Waals surface area contributed by atoms with Gasteiger partial charge in [-0.05, 0) is 36.8 Å². The Bertz CT molecular complexity index is 1030. The van der Waals surface area contributed by atoms with Crippen LogP contribution in [0.2, 0.25) is 0 Å². The van der Waals surface area contributed by atoms with Gasteiger partial charge in [0.05, 0.1) is 5.41 Å². The summed E-state index contributed by atoms with van der Waals surface area (Å²) in [5.41, 5.74) is -3.83. The van der Waals surface area contributed by atoms with E-state index >= 15 is 8.78 Å². The van der Waals surface area contributed by atoms with Gasteiger partial charge in [0.25, 0.3) is 0 Å². The summed E-state index contributed by atoms with van der Waals surface area (Å²) in [6.45, 7) is 1.79. The molecule has 0 bridgehead atoms. The van der Waals surface area contributed by atoms with Gasteiger partial charge in [0.15, 0.2) is 0 Å². The molecule has 0 nitrogen and oxygen atoms in total. The second-order valence-electron chi connectivity index (χ2n) is 9.96. The zero-order valence-corrected chi connectivity index (χ0v) is 20.9. The third kappa shape index (κ3) is 4.93. The summed E-state index contributed by atoms with van der Waals surface area (Å²) >= 11 is 0. The highest BCUT2D eigenvalue weighted by Crippen LogP contribution is 2.67. The first kappa shape index (κ1) is 35.2. The van der Waals surface area contributed by atoms with Gasteiger partial charge in [0, 0.05) is 0 Å². The Morgan fingerprint density at radius 1 is 0.537 bits per heavy atom. The Balaban J connectivity index is 2.71. The first-order valence-corrected chi connectivity index (χ1v) is 12.1. The van der Waals surface area contributed by atoms with E-state index in [1.165, 1.54) is 0 Å². The van der Waals surface area contributed by atoms with Crippen LogP contribution in [0.25, 0.3) is 0 Å². The molecule has 1 aromatic rings. The van der Waals surface area contributed by atoms with Crippen LogP contribution >= 0.6 is 0 Å². The molecular weight excluding hydrogens is 611 g/mol. The number of alkyl halides is 17. The van der Waals surface area contributed by atoms with Crippen LogP contribution in [0.5, 0.6) is 0 Å². The molecule has 0 saturated heterocycles. The SMILES string of the molecule is CCCCc1ccc(C2(C(F)(F)C(F)(F)C(F)(F)C(F)(F)C(F)(F)C(F)(F)C(F)(F)C(F)(F)F)CCCCC2)cc1. The number of unbranched alkanes of at least 4 members (excludes halogenated alkanes) is 1. The van der Waals surface area contributed by atoms with Gasteiger partial charge in [-0.1, -0.05) is 56.9 Å². The van der Waals surface area contributed by atoms with E-state index in [0.29, 0.717) is 24.8 Å². The number of halogens is 17. The second-order valence-corrected chi connectivity index (χ2v) is 9.96. The lowest BCUT2D eigenvalue weighted by molar-refractivity contribution is -0.464. The number of rotatable bonds is 11. The number of benzene rings is 1. The molecule has 2 rings (SSSR count). The molecule has 238 valence electrons. The number of aryl methyl sites for hydroxylation is 1. The molecule has 0 radical (unpaired) electrons. The lowest BCUT2D eigenvalue weighted by atomic mass is 9.62. The molecule has 17 heteroatoms. The Kier molecular flexibility index (Phi) is 9.14. The van der Waals surface area contributed by atoms with Crippen molar-refractivity contribution in [2.45, 2.75) is 111 Å². The fourth-order valence-electron chi connectivity index (χ4n) is 4.77. The third-order valence-electron chi connectivity index (χ3n) is 7.36. The fourth-order valence-corrected chi connectivity index (χ4v) is 4.77. The van der Waals surface area contributed by atoms with Crippen molar-refractivity contribution in [2.75, 3.05) is 0 Å². The normalized spacial score (nSPS) is 18.5. The first-order chi connectivity index (χ1) is 18.2. The molecule has 41 heavy (non-hydrogen) atoms. The molecule has 0 aromatic heterocycles. The van der Waals surface area contributed by atoms with E-state index in [9.17, 15) is 65.9 Å². The molecule has 0 aliphatic heterocycles. The molecule has 1 saturated carbocycles. The molecule has 0 unspecified atom stereocenters. The van der Waals surface area contributed by atoms with Crippen molar-refractivity contribution in [1.82, 2.24) is 0 Å². The van der Waals surface area contributed by atoms with Crippen LogP contribution in [-0.2, 0) is 11.8 Å². The first-order valence-electron chi connectivity index (χ1n) is 12.1. The van der Waals surface area contributed by atoms with E-state index in [1.807, 2.05) is 0 Å². The Hall–Kier alpha value is -1.97. The molecule has 1 fully saturated rings. The van der Waals surface area contributed by atoms with Gasteiger partial charge in [-0.3, -0.25) is 0 Å². The summed E-state index contributed by atoms with van der Waals surface area (Å²) in [6.07, 6.45) is -9.12. The largest absolute Gasteiger partial charge is 0.460 e. The van der Waals surface area contributed by atoms with Crippen molar-refractivity contribution >= 4 is 0 Å². The van der Waals surface area contributed by atoms with E-state index in [-0.39, 0.29) is 6.42 Å². The summed E-state index contributed by atoms with van der Waals surface area (Å²) in [6, 6.07) is 3.86. The monoisotopic (exact) mass is 634 g/mol. The maximum absolute atomic E-state index is 15.5. The van der Waals surface area contributed by atoms with Crippen LogP contribution in [0.4, 0.5) is 74.6 Å². The molecule has 1 aliphatic rings. The van der Waals surface area contributed by atoms with E-state index in [0.717, 1.165) is 24.3 Å². The fraction of sp³-hybridized carbons (Fsp3) is 0.750. The van der Waals surface area contributed by atoms with Crippen LogP contribution in [0.3, 0.4) is 0 Å². The van der Waals surface area contributed by atoms with Crippen molar-refractivity contribution in [1.29, 1.82) is 0 Å². The zero-order valence-electron chi connectivity index (χ0n) is 20.9. The number of hydrogen-bond acceptors (Lipinski definition) is 0. The minimum absolute atomic E-state index is 0.0569. The summed E-state index contributed by atoms with van der Waals surface area (Å²) < 4.78 is 236. The molecule has 0 heterocycles. The summed E-state index contributed by atoms with van der Waals surface area (Å²) in [7, 11) is 0. The minimum atomic E-state index is -8.62. The lowest BCUT2D eigenvalue weighted by Crippen LogP contribution is -2.76. The smallest absolute Gasteiger partial charge is 0.199 e. The van der Waals surface area contributed by atoms with E-state index in [4.69, 9.17) is 0 Å². The maximum atomic E-state index is 15.5. The Morgan fingerprint density at radius 2 is 0.927 bits per heavy atom. The van der Waals surface area contributed by atoms with Gasteiger partial charge in [-0.25, -0.2) is 0 Å². The molecule has 1 aliphatic carbocycles. The third-order valence-corrected chi connectivity index (χ3v) is 7.36. The predicted molar refractivity (Wildman–Crippen MR) is 111 cm³/mol. The van der Waals surface area contributed by atoms with Crippen LogP contribution in [0.15, 0.2) is 24.3 Å². The van der Waals surface area contributed by atoms with Crippen LogP contribution in [-0.4, -0.2) is 47.6 Å². The average molecular weight is 634 g/mol. The van der Waals surface area contributed by atoms with Crippen molar-refractivity contribution in [2.24, 2.45) is 0 Å². The second kappa shape index (κ2) is 10.6. The van der Waals surface area contributed by atoms with Gasteiger partial charge in [0.2, 0.25) is 0 Å². The van der Waals surface area contributed by atoms with E-state index < -0.39 is 84.3 Å². The van der Waals surface area contributed by atoms with E-state index in [2.05, 4.69) is 0 Å². The predicted octanol–water partition coefficient (Wildman–Crippen LogP) is 10.2. The van der Waals surface area contributed by atoms with Crippen LogP contribution < -0.4 is 0 Å². The molecule has 0 N–H and O–H groups in total. The van der Waals surface area contributed by atoms with Crippen LogP contribution in [0, 0.1) is 0 Å². The van der Waals surface area contributed by atoms with Gasteiger partial charge in [-0.15, -0.1) is 0 Å². The summed E-state index contributed by atoms with van der Waals surface area (Å²) in [5.74, 6) is -56.3. The minimum Gasteiger partial charge on any atom is -0.199 e. The summed E-state index contributed by atoms with van der Waals surface area (Å²) in [4.78, 5) is 0. The topological polar surface area (TPSA) is 0 Å². The molecule has 1 aromatic carbocycles. The summed E-state index contributed by atoms with van der Waals surface area (Å²) in [5, 5.41) is 0. The van der Waals surface area contributed by atoms with Crippen molar-refractivity contribution < 1.29 is 74.6 Å². The standard InChI is InChI=1S/C24H23F17/c1-2-3-7-14-8-10-15(11-9-14)16(12-5-4-6-13-16)17(25,26)18(27,28)19(29,30)20(31,32)21(33,34)22(35,36)23(37,38)24(39,40)41/h8-11H,2-7,12-13H2,1H3. The number of hydrogen-bond donors (Lipinski definition) is 0. The quantitative estimate of drug-likeness (QED) is 0.213. The van der Waals surface area contributed by atoms with Crippen molar-refractivity contribution in [3.63, 3.8) is 0 Å². The van der Waals surface area contributed by atoms with E-state index in [1.54, 1.807) is 6.92 Å². The average Bonchev–Trinajstić information content (AvgIpc) is 2.86. The van der Waals surface area contributed by atoms with Gasteiger partial charge < -0.3 is 0 Å². The molecule has 0 atom stereocenters. The highest BCUT2D eigenvalue weighted by Gasteiger charge is 2.96. The Morgan fingerprint density at radius 3 is 1.32 bits per heavy atom. The maximum Gasteiger partial charge on any atom is 0.460 e. The molecular formula is C24H23F17.